The third-order valence-corrected chi connectivity index (χ3v) is 23.3. The Morgan fingerprint density at radius 1 is 0.541 bits per heavy atom. The molecule has 26 nitrogen and oxygen atoms in total. The first-order chi connectivity index (χ1) is 39.9. The molecule has 0 aromatic carbocycles. The topological polar surface area (TPSA) is 413 Å². The number of allylic oxidation sites excluding steroid dienone is 2. The van der Waals surface area contributed by atoms with Gasteiger partial charge in [0.15, 0.2) is 31.5 Å². The van der Waals surface area contributed by atoms with Crippen LogP contribution in [0.2, 0.25) is 0 Å². The van der Waals surface area contributed by atoms with Gasteiger partial charge in [0.2, 0.25) is 0 Å². The average molecular weight is 1220 g/mol. The van der Waals surface area contributed by atoms with E-state index in [1.165, 1.54) is 19.4 Å². The van der Waals surface area contributed by atoms with Crippen molar-refractivity contribution in [2.75, 3.05) is 26.4 Å². The van der Waals surface area contributed by atoms with E-state index in [4.69, 9.17) is 47.4 Å². The Balaban J connectivity index is 0.868. The summed E-state index contributed by atoms with van der Waals surface area (Å²) in [6.07, 6.45) is -32.8. The molecule has 15 N–H and O–H groups in total. The largest absolute Gasteiger partial charge is 0.481 e. The molecule has 5 aliphatic heterocycles. The fourth-order valence-electron chi connectivity index (χ4n) is 17.7. The SMILES string of the molecule is CC1OC(OC2C(O)C(OC3C(O)C(C)OC(OC4C(OC5CCC6(C)C(CCC7(C)C6CC=C6C8CC(C)(C)CCC8(C(=O)O)CCC67C)C5(C)CO)OCC(O)C4O)C3O)OC(CO)C2OC2OC(CO)C(O)C(O)C2O)C(O)C(O)C1O. The number of aliphatic hydroxyl groups excluding tert-OH is 14. The molecule has 0 radical (unpaired) electrons. The first-order valence-electron chi connectivity index (χ1n) is 30.6. The minimum absolute atomic E-state index is 0.0156. The van der Waals surface area contributed by atoms with Gasteiger partial charge in [-0.05, 0) is 117 Å². The first-order valence-corrected chi connectivity index (χ1v) is 30.6. The number of carboxylic acids is 1. The van der Waals surface area contributed by atoms with Crippen LogP contribution in [0.5, 0.6) is 0 Å². The fraction of sp³-hybridized carbons (Fsp3) is 0.949. The van der Waals surface area contributed by atoms with Gasteiger partial charge in [-0.15, -0.1) is 0 Å². The molecule has 0 bridgehead atoms. The molecule has 4 saturated carbocycles. The van der Waals surface area contributed by atoms with Crippen LogP contribution in [-0.4, -0.2) is 263 Å². The minimum atomic E-state index is -2.13. The highest BCUT2D eigenvalue weighted by Crippen LogP contribution is 2.76. The third kappa shape index (κ3) is 11.0. The predicted octanol–water partition coefficient (Wildman–Crippen LogP) is -1.98. The van der Waals surface area contributed by atoms with Crippen LogP contribution >= 0.6 is 0 Å². The standard InChI is InChI=1S/C59H96O26/c1-24-34(64)38(68)40(70)48(77-24)84-46-43(73)51(80-30(21-61)44(46)82-49-41(71)39(69)37(67)29(20-60)79-49)83-45-35(65)25(2)78-50(42(45)72)85-47-36(66)28(63)22-76-52(47)81-33-12-13-55(5)31(56(33,6)23-62)11-14-58(8)32(55)10-9-26-27-19-54(3,4)15-17-59(27,53(74)75)18-16-57(26,58)7/h9,24-25,27-52,60-73H,10-23H2,1-8H3,(H,74,75). The molecule has 9 fully saturated rings. The number of carbonyl (C=O) groups is 1. The van der Waals surface area contributed by atoms with Gasteiger partial charge in [0.25, 0.3) is 0 Å². The van der Waals surface area contributed by atoms with Crippen LogP contribution in [0.25, 0.3) is 0 Å². The van der Waals surface area contributed by atoms with Crippen molar-refractivity contribution in [2.45, 2.75) is 273 Å². The van der Waals surface area contributed by atoms with Crippen LogP contribution in [0.15, 0.2) is 11.6 Å². The van der Waals surface area contributed by atoms with Crippen molar-refractivity contribution in [1.29, 1.82) is 0 Å². The van der Waals surface area contributed by atoms with E-state index in [1.807, 2.05) is 6.92 Å². The normalized spacial score (nSPS) is 55.3. The lowest BCUT2D eigenvalue weighted by Gasteiger charge is -2.71. The smallest absolute Gasteiger partial charge is 0.310 e. The van der Waals surface area contributed by atoms with E-state index in [-0.39, 0.29) is 52.6 Å². The van der Waals surface area contributed by atoms with Gasteiger partial charge in [0, 0.05) is 5.41 Å². The van der Waals surface area contributed by atoms with Crippen LogP contribution in [0.4, 0.5) is 0 Å². The number of hydrogen-bond acceptors (Lipinski definition) is 25. The van der Waals surface area contributed by atoms with E-state index in [0.717, 1.165) is 38.5 Å². The maximum Gasteiger partial charge on any atom is 0.310 e. The van der Waals surface area contributed by atoms with E-state index in [1.54, 1.807) is 0 Å². The van der Waals surface area contributed by atoms with E-state index in [0.29, 0.717) is 25.7 Å². The average Bonchev–Trinajstić information content (AvgIpc) is 0.684. The summed E-state index contributed by atoms with van der Waals surface area (Å²) in [5.41, 5.74) is -1.04. The van der Waals surface area contributed by atoms with Gasteiger partial charge >= 0.3 is 5.97 Å². The first kappa shape index (κ1) is 66.2. The van der Waals surface area contributed by atoms with E-state index in [2.05, 4.69) is 40.7 Å². The molecule has 85 heavy (non-hydrogen) atoms. The van der Waals surface area contributed by atoms with Gasteiger partial charge < -0.3 is 124 Å². The highest BCUT2D eigenvalue weighted by Gasteiger charge is 2.70. The molecule has 488 valence electrons. The molecule has 0 spiro atoms. The van der Waals surface area contributed by atoms with Crippen molar-refractivity contribution in [2.24, 2.45) is 50.2 Å². The summed E-state index contributed by atoms with van der Waals surface area (Å²) in [4.78, 5) is 13.2. The van der Waals surface area contributed by atoms with Gasteiger partial charge in [0.05, 0.1) is 50.2 Å². The molecule has 10 rings (SSSR count). The van der Waals surface area contributed by atoms with Crippen LogP contribution in [0.1, 0.15) is 120 Å². The molecule has 33 atom stereocenters. The number of hydrogen-bond donors (Lipinski definition) is 15. The van der Waals surface area contributed by atoms with Gasteiger partial charge in [0.1, 0.15) is 104 Å². The number of fused-ring (bicyclic) bond motifs is 7. The van der Waals surface area contributed by atoms with Crippen molar-refractivity contribution < 1.29 is 129 Å². The summed E-state index contributed by atoms with van der Waals surface area (Å²) >= 11 is 0. The fourth-order valence-corrected chi connectivity index (χ4v) is 17.7. The van der Waals surface area contributed by atoms with Crippen LogP contribution in [-0.2, 0) is 52.2 Å². The number of aliphatic hydroxyl groups is 14. The molecule has 5 heterocycles. The van der Waals surface area contributed by atoms with Crippen LogP contribution < -0.4 is 0 Å². The van der Waals surface area contributed by atoms with E-state index in [9.17, 15) is 81.4 Å². The zero-order chi connectivity index (χ0) is 62.0. The third-order valence-electron chi connectivity index (χ3n) is 23.3. The minimum Gasteiger partial charge on any atom is -0.481 e. The number of aliphatic carboxylic acids is 1. The van der Waals surface area contributed by atoms with E-state index >= 15 is 0 Å². The maximum atomic E-state index is 13.2. The Morgan fingerprint density at radius 2 is 1.09 bits per heavy atom. The Morgan fingerprint density at radius 3 is 1.74 bits per heavy atom. The van der Waals surface area contributed by atoms with Crippen molar-refractivity contribution in [3.63, 3.8) is 0 Å². The molecule has 26 heteroatoms. The zero-order valence-electron chi connectivity index (χ0n) is 49.8. The van der Waals surface area contributed by atoms with Crippen LogP contribution in [0, 0.1) is 50.2 Å². The molecule has 0 amide bonds. The highest BCUT2D eigenvalue weighted by molar-refractivity contribution is 5.76. The lowest BCUT2D eigenvalue weighted by atomic mass is 9.33. The van der Waals surface area contributed by atoms with Crippen molar-refractivity contribution >= 4 is 5.97 Å². The van der Waals surface area contributed by atoms with Gasteiger partial charge in [-0.2, -0.15) is 0 Å². The molecule has 33 unspecified atom stereocenters. The molecular weight excluding hydrogens is 1120 g/mol. The molecule has 0 aromatic heterocycles. The molecule has 10 aliphatic rings. The monoisotopic (exact) mass is 1220 g/mol. The Hall–Kier alpha value is -1.75. The summed E-state index contributed by atoms with van der Waals surface area (Å²) < 4.78 is 60.7. The van der Waals surface area contributed by atoms with Gasteiger partial charge in [-0.1, -0.05) is 53.2 Å². The predicted molar refractivity (Wildman–Crippen MR) is 288 cm³/mol. The highest BCUT2D eigenvalue weighted by atomic mass is 16.8. The molecule has 5 aliphatic carbocycles. The lowest BCUT2D eigenvalue weighted by Crippen LogP contribution is -2.68. The molecular formula is C59H96O26. The second-order valence-corrected chi connectivity index (χ2v) is 28.5. The maximum absolute atomic E-state index is 13.2. The lowest BCUT2D eigenvalue weighted by molar-refractivity contribution is -0.403. The Labute approximate surface area is 494 Å². The number of ether oxygens (including phenoxy) is 10. The summed E-state index contributed by atoms with van der Waals surface area (Å²) in [6.45, 7) is 13.9. The zero-order valence-corrected chi connectivity index (χ0v) is 49.8. The van der Waals surface area contributed by atoms with E-state index < -0.39 is 184 Å². The van der Waals surface area contributed by atoms with Gasteiger partial charge in [-0.3, -0.25) is 4.79 Å². The van der Waals surface area contributed by atoms with Crippen molar-refractivity contribution in [3.05, 3.63) is 11.6 Å². The Kier molecular flexibility index (Phi) is 19.0. The van der Waals surface area contributed by atoms with Crippen molar-refractivity contribution in [3.8, 4) is 0 Å². The summed E-state index contributed by atoms with van der Waals surface area (Å²) in [7, 11) is 0. The summed E-state index contributed by atoms with van der Waals surface area (Å²) in [6, 6.07) is 0. The number of carboxylic acid groups (broad SMARTS) is 1. The van der Waals surface area contributed by atoms with Crippen molar-refractivity contribution in [1.82, 2.24) is 0 Å². The molecule has 5 saturated heterocycles. The Bertz CT molecular complexity index is 2370. The number of rotatable bonds is 14. The van der Waals surface area contributed by atoms with Gasteiger partial charge in [-0.25, -0.2) is 0 Å². The molecule has 0 aromatic rings. The summed E-state index contributed by atoms with van der Waals surface area (Å²) in [5, 5.41) is 166. The second-order valence-electron chi connectivity index (χ2n) is 28.5. The second kappa shape index (κ2) is 24.4. The summed E-state index contributed by atoms with van der Waals surface area (Å²) in [5.74, 6) is -0.617. The van der Waals surface area contributed by atoms with Crippen LogP contribution in [0.3, 0.4) is 0 Å². The quantitative estimate of drug-likeness (QED) is 0.0662.